The number of nitrogens with zero attached hydrogens (tertiary/aromatic N) is 2. The number of likely N-dealkylation sites (N-methyl/N-ethyl adjacent to an activating group) is 1. The fourth-order valence-electron chi connectivity index (χ4n) is 4.36. The Morgan fingerprint density at radius 3 is 2.61 bits per heavy atom. The quantitative estimate of drug-likeness (QED) is 0.155. The van der Waals surface area contributed by atoms with Crippen molar-refractivity contribution in [2.75, 3.05) is 33.9 Å². The van der Waals surface area contributed by atoms with Gasteiger partial charge in [0.15, 0.2) is 5.78 Å². The lowest BCUT2D eigenvalue weighted by molar-refractivity contribution is 0.101. The molecule has 1 aliphatic rings. The molecule has 0 aromatic heterocycles. The van der Waals surface area contributed by atoms with Gasteiger partial charge >= 0.3 is 0 Å². The molecule has 3 N–H and O–H groups in total. The first-order valence-corrected chi connectivity index (χ1v) is 12.8. The van der Waals surface area contributed by atoms with Gasteiger partial charge in [0, 0.05) is 62.5 Å². The van der Waals surface area contributed by atoms with E-state index in [4.69, 9.17) is 5.11 Å². The Balaban J connectivity index is 2.21. The normalized spacial score (nSPS) is 16.6. The zero-order valence-electron chi connectivity index (χ0n) is 23.4. The summed E-state index contributed by atoms with van der Waals surface area (Å²) >= 11 is 0. The lowest BCUT2D eigenvalue weighted by Gasteiger charge is -2.33. The number of hydrogen-bond donors (Lipinski definition) is 3. The second kappa shape index (κ2) is 15.0. The van der Waals surface area contributed by atoms with Crippen molar-refractivity contribution in [1.82, 2.24) is 15.5 Å². The number of halogens is 1. The maximum absolute atomic E-state index is 14.9. The molecule has 1 aromatic rings. The average Bonchev–Trinajstić information content (AvgIpc) is 2.89. The smallest absolute Gasteiger partial charge is 0.159 e. The monoisotopic (exact) mass is 520 g/mol. The molecule has 1 aliphatic heterocycles. The minimum Gasteiger partial charge on any atom is -0.388 e. The Morgan fingerprint density at radius 2 is 2.05 bits per heavy atom. The molecule has 2 rings (SSSR count). The maximum atomic E-state index is 14.9. The summed E-state index contributed by atoms with van der Waals surface area (Å²) in [6, 6.07) is 3.29. The van der Waals surface area contributed by atoms with Crippen LogP contribution in [0.2, 0.25) is 0 Å². The number of Topliss-reactive ketones (excluding diaryl/α,β-unsaturated/α-hetero) is 1. The molecule has 0 saturated heterocycles. The highest BCUT2D eigenvalue weighted by Gasteiger charge is 2.22. The Morgan fingerprint density at radius 1 is 1.32 bits per heavy atom. The van der Waals surface area contributed by atoms with Crippen LogP contribution in [0.3, 0.4) is 0 Å². The molecule has 7 heteroatoms. The summed E-state index contributed by atoms with van der Waals surface area (Å²) in [4.78, 5) is 18.1. The standard InChI is InChI=1S/C31H41FN4O2/c1-21(16-22(2)27(8-12-33-6)18-29(34-7)9-13-35-20-37)24(4)36-14-10-26(11-15-36)31-23(3)17-28(25(5)38)19-30(31)32/h8-10,12-13,16-19,24,34-35,37H,2,11,14-15,20H2,1,3-7H3/b13-9-,21-16+,27-8-,29-18+,33-12?. The van der Waals surface area contributed by atoms with Gasteiger partial charge in [-0.15, -0.1) is 0 Å². The highest BCUT2D eigenvalue weighted by Crippen LogP contribution is 2.30. The molecule has 38 heavy (non-hydrogen) atoms. The molecule has 0 spiro atoms. The third kappa shape index (κ3) is 8.50. The van der Waals surface area contributed by atoms with E-state index in [9.17, 15) is 9.18 Å². The maximum Gasteiger partial charge on any atom is 0.159 e. The van der Waals surface area contributed by atoms with Gasteiger partial charge in [-0.05, 0) is 86.8 Å². The summed E-state index contributed by atoms with van der Waals surface area (Å²) in [5, 5.41) is 14.8. The predicted molar refractivity (Wildman–Crippen MR) is 157 cm³/mol. The van der Waals surface area contributed by atoms with E-state index < -0.39 is 0 Å². The molecular weight excluding hydrogens is 479 g/mol. The number of aliphatic hydroxyl groups is 1. The molecular formula is C31H41FN4O2. The number of ketones is 1. The second-order valence-electron chi connectivity index (χ2n) is 9.34. The number of aliphatic imine (C=N–C) groups is 1. The van der Waals surface area contributed by atoms with Crippen molar-refractivity contribution in [1.29, 1.82) is 0 Å². The van der Waals surface area contributed by atoms with Crippen molar-refractivity contribution in [3.63, 3.8) is 0 Å². The SMILES string of the molecule is C=C(/C=C(\C)C(C)N1CC=C(c2c(C)cc(C(C)=O)cc2F)CC1)C(=C\C=NC)/C=C(\C=C/NCO)NC. The fourth-order valence-corrected chi connectivity index (χ4v) is 4.36. The average molecular weight is 521 g/mol. The Hall–Kier alpha value is -3.55. The van der Waals surface area contributed by atoms with Crippen LogP contribution in [0.5, 0.6) is 0 Å². The van der Waals surface area contributed by atoms with Crippen LogP contribution >= 0.6 is 0 Å². The lowest BCUT2D eigenvalue weighted by atomic mass is 9.92. The van der Waals surface area contributed by atoms with Gasteiger partial charge in [-0.25, -0.2) is 4.39 Å². The van der Waals surface area contributed by atoms with E-state index in [0.717, 1.165) is 46.5 Å². The van der Waals surface area contributed by atoms with Crippen molar-refractivity contribution in [3.8, 4) is 0 Å². The van der Waals surface area contributed by atoms with Gasteiger partial charge in [-0.2, -0.15) is 0 Å². The Kier molecular flexibility index (Phi) is 12.1. The molecule has 204 valence electrons. The number of aryl methyl sites for hydroxylation is 1. The molecule has 6 nitrogen and oxygen atoms in total. The van der Waals surface area contributed by atoms with Gasteiger partial charge in [-0.3, -0.25) is 14.7 Å². The summed E-state index contributed by atoms with van der Waals surface area (Å²) < 4.78 is 14.9. The van der Waals surface area contributed by atoms with Gasteiger partial charge in [0.2, 0.25) is 0 Å². The molecule has 0 fully saturated rings. The van der Waals surface area contributed by atoms with Crippen LogP contribution in [0.15, 0.2) is 82.7 Å². The molecule has 1 heterocycles. The Bertz CT molecular complexity index is 1180. The largest absolute Gasteiger partial charge is 0.388 e. The summed E-state index contributed by atoms with van der Waals surface area (Å²) in [5.41, 5.74) is 6.56. The number of hydrogen-bond acceptors (Lipinski definition) is 6. The summed E-state index contributed by atoms with van der Waals surface area (Å²) in [5.74, 6) is -0.464. The fraction of sp³-hybridized carbons (Fsp3) is 0.355. The van der Waals surface area contributed by atoms with E-state index >= 15 is 0 Å². The van der Waals surface area contributed by atoms with Crippen molar-refractivity contribution in [2.24, 2.45) is 4.99 Å². The van der Waals surface area contributed by atoms with E-state index in [1.54, 1.807) is 25.5 Å². The second-order valence-corrected chi connectivity index (χ2v) is 9.34. The van der Waals surface area contributed by atoms with E-state index in [1.165, 1.54) is 13.0 Å². The van der Waals surface area contributed by atoms with Crippen LogP contribution in [-0.4, -0.2) is 62.0 Å². The van der Waals surface area contributed by atoms with Crippen molar-refractivity contribution in [2.45, 2.75) is 40.2 Å². The third-order valence-electron chi connectivity index (χ3n) is 6.71. The number of carbonyl (C=O) groups excluding carboxylic acids is 1. The van der Waals surface area contributed by atoms with Crippen molar-refractivity contribution >= 4 is 17.6 Å². The predicted octanol–water partition coefficient (Wildman–Crippen LogP) is 5.10. The number of carbonyl (C=O) groups is 1. The molecule has 0 aliphatic carbocycles. The summed E-state index contributed by atoms with van der Waals surface area (Å²) in [6.07, 6.45) is 14.0. The highest BCUT2D eigenvalue weighted by atomic mass is 19.1. The number of nitrogens with one attached hydrogen (secondary N) is 2. The van der Waals surface area contributed by atoms with Crippen LogP contribution in [-0.2, 0) is 0 Å². The van der Waals surface area contributed by atoms with Crippen molar-refractivity contribution in [3.05, 3.63) is 100 Å². The van der Waals surface area contributed by atoms with Crippen LogP contribution in [0.25, 0.3) is 5.57 Å². The first kappa shape index (κ1) is 30.7. The van der Waals surface area contributed by atoms with Crippen LogP contribution in [0.4, 0.5) is 4.39 Å². The zero-order valence-corrected chi connectivity index (χ0v) is 23.4. The first-order valence-electron chi connectivity index (χ1n) is 12.8. The molecule has 0 amide bonds. The summed E-state index contributed by atoms with van der Waals surface area (Å²) in [7, 11) is 3.55. The van der Waals surface area contributed by atoms with E-state index in [1.807, 2.05) is 32.2 Å². The van der Waals surface area contributed by atoms with E-state index in [-0.39, 0.29) is 24.4 Å². The van der Waals surface area contributed by atoms with Crippen LogP contribution < -0.4 is 10.6 Å². The topological polar surface area (TPSA) is 77.0 Å². The van der Waals surface area contributed by atoms with Gasteiger partial charge in [0.05, 0.1) is 0 Å². The summed E-state index contributed by atoms with van der Waals surface area (Å²) in [6.45, 7) is 13.2. The van der Waals surface area contributed by atoms with Crippen molar-refractivity contribution < 1.29 is 14.3 Å². The number of benzene rings is 1. The third-order valence-corrected chi connectivity index (χ3v) is 6.71. The van der Waals surface area contributed by atoms with Crippen LogP contribution in [0.1, 0.15) is 48.7 Å². The molecule has 0 saturated carbocycles. The minimum absolute atomic E-state index is 0.132. The highest BCUT2D eigenvalue weighted by molar-refractivity contribution is 5.94. The molecule has 1 unspecified atom stereocenters. The van der Waals surface area contributed by atoms with Crippen LogP contribution in [0, 0.1) is 12.7 Å². The lowest BCUT2D eigenvalue weighted by Crippen LogP contribution is -2.37. The van der Waals surface area contributed by atoms with Gasteiger partial charge in [-0.1, -0.05) is 24.3 Å². The first-order chi connectivity index (χ1) is 18.1. The molecule has 0 radical (unpaired) electrons. The van der Waals surface area contributed by atoms with Gasteiger partial charge < -0.3 is 15.7 Å². The van der Waals surface area contributed by atoms with E-state index in [0.29, 0.717) is 17.7 Å². The number of aliphatic hydroxyl groups excluding tert-OH is 1. The van der Waals surface area contributed by atoms with E-state index in [2.05, 4.69) is 53.1 Å². The molecule has 0 bridgehead atoms. The Labute approximate surface area is 226 Å². The number of allylic oxidation sites excluding steroid dienone is 6. The molecule has 1 atom stereocenters. The number of rotatable bonds is 12. The minimum atomic E-state index is -0.332. The zero-order chi connectivity index (χ0) is 28.2. The molecule has 1 aromatic carbocycles. The van der Waals surface area contributed by atoms with Gasteiger partial charge in [0.1, 0.15) is 12.5 Å². The van der Waals surface area contributed by atoms with Gasteiger partial charge in [0.25, 0.3) is 0 Å².